The van der Waals surface area contributed by atoms with Crippen LogP contribution in [0.3, 0.4) is 0 Å². The molecule has 2 aliphatic rings. The number of benzene rings is 1. The third-order valence-electron chi connectivity index (χ3n) is 5.50. The quantitative estimate of drug-likeness (QED) is 0.926. The van der Waals surface area contributed by atoms with Gasteiger partial charge in [0, 0.05) is 13.1 Å². The number of fused-ring (bicyclic) bond motifs is 1. The van der Waals surface area contributed by atoms with E-state index in [1.165, 1.54) is 42.4 Å². The van der Waals surface area contributed by atoms with Gasteiger partial charge in [0.1, 0.15) is 0 Å². The van der Waals surface area contributed by atoms with E-state index < -0.39 is 5.60 Å². The topological polar surface area (TPSA) is 62.4 Å². The normalized spacial score (nSPS) is 24.2. The summed E-state index contributed by atoms with van der Waals surface area (Å²) in [5.41, 5.74) is 3.64. The predicted octanol–water partition coefficient (Wildman–Crippen LogP) is 2.83. The lowest BCUT2D eigenvalue weighted by atomic mass is 9.88. The van der Waals surface area contributed by atoms with Gasteiger partial charge in [0.25, 0.3) is 0 Å². The van der Waals surface area contributed by atoms with Crippen LogP contribution in [0.15, 0.2) is 22.7 Å². The number of aryl methyl sites for hydroxylation is 3. The Balaban J connectivity index is 1.42. The summed E-state index contributed by atoms with van der Waals surface area (Å²) in [6.07, 6.45) is 7.29. The minimum Gasteiger partial charge on any atom is -0.388 e. The molecule has 4 rings (SSSR count). The van der Waals surface area contributed by atoms with Gasteiger partial charge in [-0.1, -0.05) is 23.4 Å². The third kappa shape index (κ3) is 3.93. The summed E-state index contributed by atoms with van der Waals surface area (Å²) in [6, 6.07) is 6.95. The molecule has 1 aromatic heterocycles. The van der Waals surface area contributed by atoms with Crippen molar-refractivity contribution in [1.82, 2.24) is 15.0 Å². The molecule has 1 unspecified atom stereocenters. The van der Waals surface area contributed by atoms with Gasteiger partial charge in [0.2, 0.25) is 5.89 Å². The van der Waals surface area contributed by atoms with E-state index in [0.29, 0.717) is 24.7 Å². The Morgan fingerprint density at radius 3 is 2.84 bits per heavy atom. The molecule has 25 heavy (non-hydrogen) atoms. The first-order valence-electron chi connectivity index (χ1n) is 9.44. The fourth-order valence-electron chi connectivity index (χ4n) is 4.32. The summed E-state index contributed by atoms with van der Waals surface area (Å²) < 4.78 is 5.21. The van der Waals surface area contributed by atoms with E-state index in [9.17, 15) is 5.11 Å². The van der Waals surface area contributed by atoms with Crippen molar-refractivity contribution in [2.24, 2.45) is 0 Å². The Morgan fingerprint density at radius 1 is 1.20 bits per heavy atom. The van der Waals surface area contributed by atoms with Gasteiger partial charge < -0.3 is 9.63 Å². The number of β-amino-alcohol motifs (C(OH)–C–C–N with tert-alkyl or cyclic N) is 1. The molecule has 0 radical (unpaired) electrons. The van der Waals surface area contributed by atoms with Crippen LogP contribution in [0.2, 0.25) is 0 Å². The van der Waals surface area contributed by atoms with Crippen LogP contribution < -0.4 is 0 Å². The van der Waals surface area contributed by atoms with Crippen molar-refractivity contribution in [3.8, 4) is 0 Å². The standard InChI is InChI=1S/C20H27N3O2/c1-15-21-19(25-22-15)12-20(24)9-4-10-23(14-20)13-16-7-8-17-5-2-3-6-18(17)11-16/h7-8,11,24H,2-6,9-10,12-14H2,1H3. The second-order valence-corrected chi connectivity index (χ2v) is 7.76. The minimum atomic E-state index is -0.772. The largest absolute Gasteiger partial charge is 0.388 e. The number of likely N-dealkylation sites (tertiary alicyclic amines) is 1. The van der Waals surface area contributed by atoms with Crippen molar-refractivity contribution in [2.45, 2.75) is 64.0 Å². The Kier molecular flexibility index (Phi) is 4.61. The number of aliphatic hydroxyl groups is 1. The maximum Gasteiger partial charge on any atom is 0.229 e. The minimum absolute atomic E-state index is 0.439. The fraction of sp³-hybridized carbons (Fsp3) is 0.600. The highest BCUT2D eigenvalue weighted by Gasteiger charge is 2.35. The third-order valence-corrected chi connectivity index (χ3v) is 5.50. The molecule has 1 N–H and O–H groups in total. The molecule has 0 saturated carbocycles. The molecule has 2 heterocycles. The van der Waals surface area contributed by atoms with Gasteiger partial charge in [0.15, 0.2) is 5.82 Å². The van der Waals surface area contributed by atoms with Crippen LogP contribution in [-0.2, 0) is 25.8 Å². The molecule has 2 aromatic rings. The van der Waals surface area contributed by atoms with Gasteiger partial charge in [-0.3, -0.25) is 4.90 Å². The van der Waals surface area contributed by atoms with Crippen molar-refractivity contribution in [3.05, 3.63) is 46.6 Å². The number of rotatable bonds is 4. The molecule has 134 valence electrons. The highest BCUT2D eigenvalue weighted by atomic mass is 16.5. The lowest BCUT2D eigenvalue weighted by Gasteiger charge is -2.38. The van der Waals surface area contributed by atoms with Crippen molar-refractivity contribution in [2.75, 3.05) is 13.1 Å². The second kappa shape index (κ2) is 6.89. The maximum atomic E-state index is 11.0. The monoisotopic (exact) mass is 341 g/mol. The average molecular weight is 341 g/mol. The Bertz CT molecular complexity index is 742. The molecule has 5 nitrogen and oxygen atoms in total. The summed E-state index contributed by atoms with van der Waals surface area (Å²) in [6.45, 7) is 4.40. The van der Waals surface area contributed by atoms with Crippen molar-refractivity contribution in [3.63, 3.8) is 0 Å². The van der Waals surface area contributed by atoms with Gasteiger partial charge >= 0.3 is 0 Å². The molecule has 0 bridgehead atoms. The highest BCUT2D eigenvalue weighted by Crippen LogP contribution is 2.27. The lowest BCUT2D eigenvalue weighted by Crippen LogP contribution is -2.49. The summed E-state index contributed by atoms with van der Waals surface area (Å²) in [5.74, 6) is 1.16. The average Bonchev–Trinajstić information content (AvgIpc) is 2.99. The van der Waals surface area contributed by atoms with Gasteiger partial charge in [-0.15, -0.1) is 0 Å². The molecule has 0 amide bonds. The number of hydrogen-bond donors (Lipinski definition) is 1. The SMILES string of the molecule is Cc1noc(CC2(O)CCCN(Cc3ccc4c(c3)CCCC4)C2)n1. The van der Waals surface area contributed by atoms with Crippen molar-refractivity contribution >= 4 is 0 Å². The lowest BCUT2D eigenvalue weighted by molar-refractivity contribution is -0.0373. The Morgan fingerprint density at radius 2 is 2.04 bits per heavy atom. The van der Waals surface area contributed by atoms with Crippen LogP contribution in [0.25, 0.3) is 0 Å². The van der Waals surface area contributed by atoms with E-state index in [2.05, 4.69) is 33.2 Å². The number of nitrogens with zero attached hydrogens (tertiary/aromatic N) is 3. The van der Waals surface area contributed by atoms with Crippen molar-refractivity contribution < 1.29 is 9.63 Å². The molecule has 1 aromatic carbocycles. The zero-order valence-electron chi connectivity index (χ0n) is 15.0. The molecular weight excluding hydrogens is 314 g/mol. The number of aromatic nitrogens is 2. The molecule has 1 fully saturated rings. The first kappa shape index (κ1) is 16.7. The summed E-state index contributed by atoms with van der Waals surface area (Å²) in [7, 11) is 0. The molecule has 1 saturated heterocycles. The van der Waals surface area contributed by atoms with E-state index in [-0.39, 0.29) is 0 Å². The number of piperidine rings is 1. The van der Waals surface area contributed by atoms with Gasteiger partial charge in [-0.25, -0.2) is 0 Å². The molecule has 1 aliphatic carbocycles. The molecule has 0 spiro atoms. The molecular formula is C20H27N3O2. The number of hydrogen-bond acceptors (Lipinski definition) is 5. The highest BCUT2D eigenvalue weighted by molar-refractivity contribution is 5.33. The maximum absolute atomic E-state index is 11.0. The van der Waals surface area contributed by atoms with Crippen LogP contribution >= 0.6 is 0 Å². The first-order chi connectivity index (χ1) is 12.1. The Hall–Kier alpha value is -1.72. The van der Waals surface area contributed by atoms with Crippen LogP contribution in [0, 0.1) is 6.92 Å². The zero-order chi connectivity index (χ0) is 17.3. The van der Waals surface area contributed by atoms with Crippen LogP contribution in [0.5, 0.6) is 0 Å². The predicted molar refractivity (Wildman–Crippen MR) is 95.3 cm³/mol. The molecule has 1 aliphatic heterocycles. The second-order valence-electron chi connectivity index (χ2n) is 7.76. The van der Waals surface area contributed by atoms with E-state index >= 15 is 0 Å². The molecule has 1 atom stereocenters. The van der Waals surface area contributed by atoms with E-state index in [1.54, 1.807) is 6.92 Å². The summed E-state index contributed by atoms with van der Waals surface area (Å²) >= 11 is 0. The van der Waals surface area contributed by atoms with Gasteiger partial charge in [-0.2, -0.15) is 4.98 Å². The van der Waals surface area contributed by atoms with E-state index in [1.807, 2.05) is 0 Å². The summed E-state index contributed by atoms with van der Waals surface area (Å²) in [5, 5.41) is 14.8. The van der Waals surface area contributed by atoms with Gasteiger partial charge in [0.05, 0.1) is 12.0 Å². The van der Waals surface area contributed by atoms with Crippen LogP contribution in [0.1, 0.15) is 54.1 Å². The smallest absolute Gasteiger partial charge is 0.229 e. The van der Waals surface area contributed by atoms with Crippen LogP contribution in [0.4, 0.5) is 0 Å². The Labute approximate surface area is 149 Å². The van der Waals surface area contributed by atoms with E-state index in [4.69, 9.17) is 4.52 Å². The van der Waals surface area contributed by atoms with Crippen LogP contribution in [-0.4, -0.2) is 38.8 Å². The van der Waals surface area contributed by atoms with Gasteiger partial charge in [-0.05, 0) is 68.7 Å². The summed E-state index contributed by atoms with van der Waals surface area (Å²) in [4.78, 5) is 6.61. The zero-order valence-corrected chi connectivity index (χ0v) is 15.0. The first-order valence-corrected chi connectivity index (χ1v) is 9.44. The van der Waals surface area contributed by atoms with E-state index in [0.717, 1.165) is 25.9 Å². The fourth-order valence-corrected chi connectivity index (χ4v) is 4.32. The molecule has 5 heteroatoms. The van der Waals surface area contributed by atoms with Crippen molar-refractivity contribution in [1.29, 1.82) is 0 Å².